The Labute approximate surface area is 96.5 Å². The predicted molar refractivity (Wildman–Crippen MR) is 65.7 cm³/mol. The van der Waals surface area contributed by atoms with Crippen molar-refractivity contribution in [1.82, 2.24) is 5.32 Å². The van der Waals surface area contributed by atoms with Gasteiger partial charge >= 0.3 is 0 Å². The summed E-state index contributed by atoms with van der Waals surface area (Å²) >= 11 is 0. The molecule has 1 aliphatic heterocycles. The fraction of sp³-hybridized carbons (Fsp3) is 0.462. The van der Waals surface area contributed by atoms with Gasteiger partial charge in [-0.15, -0.1) is 0 Å². The highest BCUT2D eigenvalue weighted by atomic mass is 16.2. The van der Waals surface area contributed by atoms with Crippen LogP contribution in [0.2, 0.25) is 0 Å². The molecule has 0 bridgehead atoms. The number of nitrogens with zero attached hydrogens (tertiary/aromatic N) is 1. The van der Waals surface area contributed by atoms with E-state index >= 15 is 0 Å². The fourth-order valence-electron chi connectivity index (χ4n) is 2.19. The summed E-state index contributed by atoms with van der Waals surface area (Å²) in [6.45, 7) is 7.66. The SMILES string of the molecule is Cc1cc(C)cc(N2CCNC(C)C2=O)c1. The highest BCUT2D eigenvalue weighted by Crippen LogP contribution is 2.20. The Hall–Kier alpha value is -1.35. The molecule has 1 amide bonds. The van der Waals surface area contributed by atoms with E-state index in [9.17, 15) is 4.79 Å². The summed E-state index contributed by atoms with van der Waals surface area (Å²) in [5.74, 6) is 0.163. The van der Waals surface area contributed by atoms with Crippen LogP contribution in [0.15, 0.2) is 18.2 Å². The van der Waals surface area contributed by atoms with Gasteiger partial charge in [-0.3, -0.25) is 4.79 Å². The third-order valence-electron chi connectivity index (χ3n) is 2.94. The first kappa shape index (κ1) is 11.1. The van der Waals surface area contributed by atoms with Crippen LogP contribution in [0.1, 0.15) is 18.1 Å². The van der Waals surface area contributed by atoms with Crippen LogP contribution in [0.4, 0.5) is 5.69 Å². The van der Waals surface area contributed by atoms with E-state index in [-0.39, 0.29) is 11.9 Å². The summed E-state index contributed by atoms with van der Waals surface area (Å²) in [5.41, 5.74) is 3.43. The third-order valence-corrected chi connectivity index (χ3v) is 2.94. The van der Waals surface area contributed by atoms with E-state index in [2.05, 4.69) is 37.4 Å². The molecule has 1 unspecified atom stereocenters. The van der Waals surface area contributed by atoms with Crippen molar-refractivity contribution in [2.75, 3.05) is 18.0 Å². The second kappa shape index (κ2) is 4.26. The Kier molecular flexibility index (Phi) is 2.97. The molecule has 3 heteroatoms. The van der Waals surface area contributed by atoms with Gasteiger partial charge in [0, 0.05) is 18.8 Å². The average molecular weight is 218 g/mol. The van der Waals surface area contributed by atoms with E-state index in [1.54, 1.807) is 0 Å². The Morgan fingerprint density at radius 2 is 1.88 bits per heavy atom. The first-order valence-corrected chi connectivity index (χ1v) is 5.71. The van der Waals surface area contributed by atoms with Gasteiger partial charge in [-0.25, -0.2) is 0 Å². The molecular formula is C13H18N2O. The lowest BCUT2D eigenvalue weighted by Crippen LogP contribution is -2.53. The number of amides is 1. The maximum absolute atomic E-state index is 12.0. The van der Waals surface area contributed by atoms with Crippen molar-refractivity contribution in [2.24, 2.45) is 0 Å². The molecule has 0 aromatic heterocycles. The zero-order valence-electron chi connectivity index (χ0n) is 10.1. The first-order chi connectivity index (χ1) is 7.58. The average Bonchev–Trinajstić information content (AvgIpc) is 2.20. The number of rotatable bonds is 1. The maximum atomic E-state index is 12.0. The number of carbonyl (C=O) groups excluding carboxylic acids is 1. The Balaban J connectivity index is 2.32. The number of carbonyl (C=O) groups is 1. The zero-order chi connectivity index (χ0) is 11.7. The minimum Gasteiger partial charge on any atom is -0.310 e. The highest BCUT2D eigenvalue weighted by molar-refractivity contribution is 5.97. The number of hydrogen-bond donors (Lipinski definition) is 1. The normalized spacial score (nSPS) is 21.3. The quantitative estimate of drug-likeness (QED) is 0.777. The van der Waals surface area contributed by atoms with Gasteiger partial charge in [0.15, 0.2) is 0 Å². The van der Waals surface area contributed by atoms with Gasteiger partial charge in [-0.05, 0) is 44.0 Å². The number of hydrogen-bond acceptors (Lipinski definition) is 2. The number of benzene rings is 1. The van der Waals surface area contributed by atoms with Gasteiger partial charge in [0.1, 0.15) is 0 Å². The molecule has 1 aliphatic rings. The van der Waals surface area contributed by atoms with Crippen LogP contribution < -0.4 is 10.2 Å². The van der Waals surface area contributed by atoms with Crippen molar-refractivity contribution < 1.29 is 4.79 Å². The number of anilines is 1. The smallest absolute Gasteiger partial charge is 0.243 e. The van der Waals surface area contributed by atoms with Crippen molar-refractivity contribution in [3.63, 3.8) is 0 Å². The van der Waals surface area contributed by atoms with Crippen LogP contribution in [0.25, 0.3) is 0 Å². The maximum Gasteiger partial charge on any atom is 0.243 e. The van der Waals surface area contributed by atoms with Gasteiger partial charge in [-0.1, -0.05) is 6.07 Å². The Morgan fingerprint density at radius 1 is 1.25 bits per heavy atom. The largest absolute Gasteiger partial charge is 0.310 e. The summed E-state index contributed by atoms with van der Waals surface area (Å²) in [4.78, 5) is 13.9. The molecule has 1 saturated heterocycles. The van der Waals surface area contributed by atoms with Crippen molar-refractivity contribution >= 4 is 11.6 Å². The van der Waals surface area contributed by atoms with Crippen molar-refractivity contribution in [2.45, 2.75) is 26.8 Å². The molecule has 1 N–H and O–H groups in total. The van der Waals surface area contributed by atoms with Crippen molar-refractivity contribution in [3.8, 4) is 0 Å². The zero-order valence-corrected chi connectivity index (χ0v) is 10.1. The van der Waals surface area contributed by atoms with E-state index in [0.29, 0.717) is 0 Å². The first-order valence-electron chi connectivity index (χ1n) is 5.71. The fourth-order valence-corrected chi connectivity index (χ4v) is 2.19. The molecule has 1 atom stereocenters. The molecule has 0 spiro atoms. The molecule has 0 radical (unpaired) electrons. The molecule has 2 rings (SSSR count). The molecule has 3 nitrogen and oxygen atoms in total. The van der Waals surface area contributed by atoms with Gasteiger partial charge in [0.05, 0.1) is 6.04 Å². The lowest BCUT2D eigenvalue weighted by Gasteiger charge is -2.31. The summed E-state index contributed by atoms with van der Waals surface area (Å²) < 4.78 is 0. The van der Waals surface area contributed by atoms with Crippen LogP contribution in [0.3, 0.4) is 0 Å². The summed E-state index contributed by atoms with van der Waals surface area (Å²) in [6, 6.07) is 6.19. The topological polar surface area (TPSA) is 32.3 Å². The standard InChI is InChI=1S/C13H18N2O/c1-9-6-10(2)8-12(7-9)15-5-4-14-11(3)13(15)16/h6-8,11,14H,4-5H2,1-3H3. The molecule has 86 valence electrons. The van der Waals surface area contributed by atoms with Gasteiger partial charge < -0.3 is 10.2 Å². The van der Waals surface area contributed by atoms with Crippen LogP contribution >= 0.6 is 0 Å². The van der Waals surface area contributed by atoms with E-state index in [0.717, 1.165) is 18.8 Å². The lowest BCUT2D eigenvalue weighted by atomic mass is 10.1. The second-order valence-corrected chi connectivity index (χ2v) is 4.51. The van der Waals surface area contributed by atoms with Gasteiger partial charge in [0.25, 0.3) is 0 Å². The van der Waals surface area contributed by atoms with Crippen molar-refractivity contribution in [1.29, 1.82) is 0 Å². The highest BCUT2D eigenvalue weighted by Gasteiger charge is 2.25. The predicted octanol–water partition coefficient (Wildman–Crippen LogP) is 1.63. The van der Waals surface area contributed by atoms with Crippen LogP contribution in [-0.2, 0) is 4.79 Å². The van der Waals surface area contributed by atoms with E-state index in [1.165, 1.54) is 11.1 Å². The Bertz CT molecular complexity index is 394. The molecule has 1 aromatic carbocycles. The molecule has 1 aromatic rings. The van der Waals surface area contributed by atoms with Crippen LogP contribution in [0, 0.1) is 13.8 Å². The van der Waals surface area contributed by atoms with E-state index in [1.807, 2.05) is 11.8 Å². The van der Waals surface area contributed by atoms with Crippen LogP contribution in [0.5, 0.6) is 0 Å². The lowest BCUT2D eigenvalue weighted by molar-refractivity contribution is -0.121. The van der Waals surface area contributed by atoms with Gasteiger partial charge in [-0.2, -0.15) is 0 Å². The number of aryl methyl sites for hydroxylation is 2. The number of nitrogens with one attached hydrogen (secondary N) is 1. The van der Waals surface area contributed by atoms with E-state index < -0.39 is 0 Å². The molecule has 1 heterocycles. The molecule has 16 heavy (non-hydrogen) atoms. The van der Waals surface area contributed by atoms with E-state index in [4.69, 9.17) is 0 Å². The van der Waals surface area contributed by atoms with Gasteiger partial charge in [0.2, 0.25) is 5.91 Å². The molecule has 0 aliphatic carbocycles. The molecule has 1 fully saturated rings. The minimum atomic E-state index is -0.0745. The van der Waals surface area contributed by atoms with Crippen molar-refractivity contribution in [3.05, 3.63) is 29.3 Å². The second-order valence-electron chi connectivity index (χ2n) is 4.51. The summed E-state index contributed by atoms with van der Waals surface area (Å²) in [6.07, 6.45) is 0. The minimum absolute atomic E-state index is 0.0745. The number of piperazine rings is 1. The molecular weight excluding hydrogens is 200 g/mol. The molecule has 0 saturated carbocycles. The summed E-state index contributed by atoms with van der Waals surface area (Å²) in [5, 5.41) is 3.17. The monoisotopic (exact) mass is 218 g/mol. The Morgan fingerprint density at radius 3 is 2.50 bits per heavy atom. The van der Waals surface area contributed by atoms with Crippen LogP contribution in [-0.4, -0.2) is 25.0 Å². The summed E-state index contributed by atoms with van der Waals surface area (Å²) in [7, 11) is 0. The third kappa shape index (κ3) is 2.09.